The number of guanidine groups is 1. The molecule has 1 aromatic rings. The summed E-state index contributed by atoms with van der Waals surface area (Å²) in [4.78, 5) is 7.08. The summed E-state index contributed by atoms with van der Waals surface area (Å²) in [5.41, 5.74) is 3.05. The molecule has 3 unspecified atom stereocenters. The lowest BCUT2D eigenvalue weighted by Gasteiger charge is -2.39. The van der Waals surface area contributed by atoms with E-state index in [4.69, 9.17) is 4.99 Å². The lowest BCUT2D eigenvalue weighted by molar-refractivity contribution is 0.353. The van der Waals surface area contributed by atoms with Crippen LogP contribution < -0.4 is 5.32 Å². The zero-order chi connectivity index (χ0) is 19.2. The molecule has 148 valence electrons. The first-order valence-corrected chi connectivity index (χ1v) is 11.8. The van der Waals surface area contributed by atoms with Crippen LogP contribution in [0.3, 0.4) is 0 Å². The van der Waals surface area contributed by atoms with Crippen LogP contribution in [0.5, 0.6) is 0 Å². The summed E-state index contributed by atoms with van der Waals surface area (Å²) in [5.74, 6) is 3.14. The first kappa shape index (κ1) is 18.8. The topological polar surface area (TPSA) is 61.8 Å². The predicted molar refractivity (Wildman–Crippen MR) is 110 cm³/mol. The van der Waals surface area contributed by atoms with E-state index in [2.05, 4.69) is 41.4 Å². The number of benzene rings is 1. The Morgan fingerprint density at radius 1 is 1.33 bits per heavy atom. The maximum absolute atomic E-state index is 12.3. The van der Waals surface area contributed by atoms with Crippen molar-refractivity contribution in [1.29, 1.82) is 0 Å². The molecule has 4 rings (SSSR count). The molecule has 5 nitrogen and oxygen atoms in total. The van der Waals surface area contributed by atoms with E-state index >= 15 is 0 Å². The number of aliphatic imine (C=N–C) groups is 1. The number of rotatable bonds is 3. The summed E-state index contributed by atoms with van der Waals surface area (Å²) in [6.45, 7) is 8.36. The molecule has 0 bridgehead atoms. The second-order valence-electron chi connectivity index (χ2n) is 8.79. The van der Waals surface area contributed by atoms with Crippen molar-refractivity contribution in [2.45, 2.75) is 44.3 Å². The van der Waals surface area contributed by atoms with E-state index in [-0.39, 0.29) is 5.75 Å². The molecule has 1 saturated heterocycles. The molecule has 3 aliphatic rings. The van der Waals surface area contributed by atoms with Crippen molar-refractivity contribution < 1.29 is 8.42 Å². The number of aryl methyl sites for hydroxylation is 1. The lowest BCUT2D eigenvalue weighted by atomic mass is 9.92. The van der Waals surface area contributed by atoms with E-state index in [1.807, 2.05) is 13.8 Å². The molecule has 27 heavy (non-hydrogen) atoms. The largest absolute Gasteiger partial charge is 0.357 e. The minimum Gasteiger partial charge on any atom is -0.357 e. The number of nitrogens with zero attached hydrogens (tertiary/aromatic N) is 2. The highest BCUT2D eigenvalue weighted by molar-refractivity contribution is 7.92. The Morgan fingerprint density at radius 2 is 2.11 bits per heavy atom. The smallest absolute Gasteiger partial charge is 0.194 e. The van der Waals surface area contributed by atoms with Crippen LogP contribution in [0.1, 0.15) is 44.2 Å². The minimum atomic E-state index is -3.04. The molecular formula is C21H31N3O2S. The number of fused-ring (bicyclic) bond motifs is 3. The van der Waals surface area contributed by atoms with Gasteiger partial charge in [-0.15, -0.1) is 0 Å². The number of nitrogens with one attached hydrogen (secondary N) is 1. The summed E-state index contributed by atoms with van der Waals surface area (Å²) in [6, 6.07) is 8.86. The van der Waals surface area contributed by atoms with Gasteiger partial charge < -0.3 is 10.2 Å². The lowest BCUT2D eigenvalue weighted by Crippen LogP contribution is -2.57. The maximum Gasteiger partial charge on any atom is 0.194 e. The zero-order valence-electron chi connectivity index (χ0n) is 16.6. The van der Waals surface area contributed by atoms with Crippen LogP contribution in [0, 0.1) is 11.8 Å². The van der Waals surface area contributed by atoms with E-state index < -0.39 is 14.6 Å². The van der Waals surface area contributed by atoms with Gasteiger partial charge in [0, 0.05) is 26.2 Å². The SMILES string of the molecule is CCNC(=NCC1C2CCc3ccccc3C21)N1CCS(=O)(=O)C(C)(C)C1. The third-order valence-corrected chi connectivity index (χ3v) is 9.16. The molecule has 0 radical (unpaired) electrons. The van der Waals surface area contributed by atoms with Gasteiger partial charge in [-0.05, 0) is 62.5 Å². The predicted octanol–water partition coefficient (Wildman–Crippen LogP) is 2.44. The van der Waals surface area contributed by atoms with Crippen molar-refractivity contribution in [2.24, 2.45) is 16.8 Å². The van der Waals surface area contributed by atoms with Crippen LogP contribution in [0.15, 0.2) is 29.3 Å². The van der Waals surface area contributed by atoms with Crippen LogP contribution in [0.4, 0.5) is 0 Å². The molecule has 6 heteroatoms. The van der Waals surface area contributed by atoms with Crippen molar-refractivity contribution in [3.63, 3.8) is 0 Å². The van der Waals surface area contributed by atoms with Crippen molar-refractivity contribution >= 4 is 15.8 Å². The Bertz CT molecular complexity index is 847. The fraction of sp³-hybridized carbons (Fsp3) is 0.667. The highest BCUT2D eigenvalue weighted by Crippen LogP contribution is 2.59. The molecule has 1 heterocycles. The van der Waals surface area contributed by atoms with Gasteiger partial charge in [0.25, 0.3) is 0 Å². The molecule has 1 aromatic carbocycles. The third kappa shape index (κ3) is 3.37. The summed E-state index contributed by atoms with van der Waals surface area (Å²) in [6.07, 6.45) is 2.46. The average molecular weight is 390 g/mol. The second kappa shape index (κ2) is 6.80. The second-order valence-corrected chi connectivity index (χ2v) is 11.5. The average Bonchev–Trinajstić information content (AvgIpc) is 3.35. The summed E-state index contributed by atoms with van der Waals surface area (Å²) in [7, 11) is -3.04. The van der Waals surface area contributed by atoms with E-state index in [0.29, 0.717) is 24.9 Å². The fourth-order valence-corrected chi connectivity index (χ4v) is 6.27. The van der Waals surface area contributed by atoms with Gasteiger partial charge in [0.05, 0.1) is 10.5 Å². The molecule has 2 fully saturated rings. The normalized spacial score (nSPS) is 31.0. The quantitative estimate of drug-likeness (QED) is 0.637. The van der Waals surface area contributed by atoms with Crippen molar-refractivity contribution in [3.8, 4) is 0 Å². The van der Waals surface area contributed by atoms with Gasteiger partial charge in [0.1, 0.15) is 0 Å². The van der Waals surface area contributed by atoms with Crippen LogP contribution in [0.2, 0.25) is 0 Å². The van der Waals surface area contributed by atoms with Crippen molar-refractivity contribution in [2.75, 3.05) is 31.9 Å². The molecule has 3 atom stereocenters. The first-order chi connectivity index (χ1) is 12.8. The standard InChI is InChI=1S/C21H31N3O2S/c1-4-22-20(24-11-12-27(25,26)21(2,3)14-24)23-13-18-17-10-9-15-7-5-6-8-16(15)19(17)18/h5-8,17-19H,4,9-14H2,1-3H3,(H,22,23). The Morgan fingerprint density at radius 3 is 2.85 bits per heavy atom. The van der Waals surface area contributed by atoms with Gasteiger partial charge in [0.2, 0.25) is 0 Å². The van der Waals surface area contributed by atoms with Crippen molar-refractivity contribution in [3.05, 3.63) is 35.4 Å². The monoisotopic (exact) mass is 389 g/mol. The zero-order valence-corrected chi connectivity index (χ0v) is 17.4. The maximum atomic E-state index is 12.3. The minimum absolute atomic E-state index is 0.201. The Labute approximate surface area is 163 Å². The molecular weight excluding hydrogens is 358 g/mol. The van der Waals surface area contributed by atoms with Gasteiger partial charge >= 0.3 is 0 Å². The molecule has 2 aliphatic carbocycles. The van der Waals surface area contributed by atoms with Crippen LogP contribution in [0.25, 0.3) is 0 Å². The Balaban J connectivity index is 1.47. The molecule has 0 spiro atoms. The molecule has 1 saturated carbocycles. The molecule has 0 amide bonds. The Kier molecular flexibility index (Phi) is 4.73. The van der Waals surface area contributed by atoms with Crippen LogP contribution >= 0.6 is 0 Å². The van der Waals surface area contributed by atoms with Gasteiger partial charge in [-0.25, -0.2) is 8.42 Å². The Hall–Kier alpha value is -1.56. The van der Waals surface area contributed by atoms with E-state index in [0.717, 1.165) is 25.0 Å². The summed E-state index contributed by atoms with van der Waals surface area (Å²) < 4.78 is 23.9. The highest BCUT2D eigenvalue weighted by Gasteiger charge is 2.52. The summed E-state index contributed by atoms with van der Waals surface area (Å²) in [5, 5.41) is 3.38. The molecule has 1 N–H and O–H groups in total. The summed E-state index contributed by atoms with van der Waals surface area (Å²) >= 11 is 0. The fourth-order valence-electron chi connectivity index (χ4n) is 4.90. The molecule has 1 aliphatic heterocycles. The third-order valence-electron chi connectivity index (χ3n) is 6.62. The van der Waals surface area contributed by atoms with Gasteiger partial charge in [-0.1, -0.05) is 24.3 Å². The van der Waals surface area contributed by atoms with Gasteiger partial charge in [-0.3, -0.25) is 4.99 Å². The van der Waals surface area contributed by atoms with Crippen molar-refractivity contribution in [1.82, 2.24) is 10.2 Å². The number of hydrogen-bond donors (Lipinski definition) is 1. The van der Waals surface area contributed by atoms with E-state index in [9.17, 15) is 8.42 Å². The molecule has 0 aromatic heterocycles. The van der Waals surface area contributed by atoms with Crippen LogP contribution in [-0.2, 0) is 16.3 Å². The number of hydrogen-bond acceptors (Lipinski definition) is 3. The van der Waals surface area contributed by atoms with Gasteiger partial charge in [-0.2, -0.15) is 0 Å². The van der Waals surface area contributed by atoms with E-state index in [1.54, 1.807) is 0 Å². The van der Waals surface area contributed by atoms with Crippen LogP contribution in [-0.4, -0.2) is 56.0 Å². The highest BCUT2D eigenvalue weighted by atomic mass is 32.2. The van der Waals surface area contributed by atoms with E-state index in [1.165, 1.54) is 24.0 Å². The first-order valence-electron chi connectivity index (χ1n) is 10.2. The number of sulfone groups is 1. The van der Waals surface area contributed by atoms with Gasteiger partial charge in [0.15, 0.2) is 15.8 Å².